The number of aromatic nitrogens is 1. The number of piperidine rings is 1. The Balaban J connectivity index is 2.09. The Hall–Kier alpha value is -0.940. The summed E-state index contributed by atoms with van der Waals surface area (Å²) in [5, 5.41) is 2.64. The molecule has 0 aliphatic carbocycles. The van der Waals surface area contributed by atoms with E-state index < -0.39 is 0 Å². The van der Waals surface area contributed by atoms with Gasteiger partial charge in [0.1, 0.15) is 10.7 Å². The first-order valence-electron chi connectivity index (χ1n) is 5.95. The molecule has 5 heteroatoms. The molecule has 1 aromatic rings. The third-order valence-corrected chi connectivity index (χ3v) is 4.00. The van der Waals surface area contributed by atoms with Gasteiger partial charge in [0.25, 0.3) is 5.91 Å². The maximum absolute atomic E-state index is 12.2. The van der Waals surface area contributed by atoms with Gasteiger partial charge >= 0.3 is 0 Å². The summed E-state index contributed by atoms with van der Waals surface area (Å²) in [6.07, 6.45) is 2.26. The second kappa shape index (κ2) is 4.74. The van der Waals surface area contributed by atoms with E-state index in [1.807, 2.05) is 10.3 Å². The molecule has 0 atom stereocenters. The van der Waals surface area contributed by atoms with Gasteiger partial charge in [-0.2, -0.15) is 0 Å². The van der Waals surface area contributed by atoms with Gasteiger partial charge in [0.05, 0.1) is 0 Å². The average Bonchev–Trinajstić information content (AvgIpc) is 2.75. The Bertz CT molecular complexity index is 414. The van der Waals surface area contributed by atoms with Crippen molar-refractivity contribution in [3.63, 3.8) is 0 Å². The van der Waals surface area contributed by atoms with Crippen molar-refractivity contribution in [3.05, 3.63) is 16.1 Å². The smallest absolute Gasteiger partial charge is 0.273 e. The Kier molecular flexibility index (Phi) is 3.49. The molecular formula is C12H19N3OS. The lowest BCUT2D eigenvalue weighted by molar-refractivity contribution is 0.0578. The first-order chi connectivity index (χ1) is 8.02. The SMILES string of the molecule is CC1(C)CCCN(C(=O)c2csc(CN)n2)C1. The third kappa shape index (κ3) is 2.84. The summed E-state index contributed by atoms with van der Waals surface area (Å²) in [6, 6.07) is 0. The van der Waals surface area contributed by atoms with Gasteiger partial charge in [-0.25, -0.2) is 4.98 Å². The standard InChI is InChI=1S/C12H19N3OS/c1-12(2)4-3-5-15(8-12)11(16)9-7-17-10(6-13)14-9/h7H,3-6,8,13H2,1-2H3. The molecule has 0 bridgehead atoms. The van der Waals surface area contributed by atoms with Crippen molar-refractivity contribution in [2.24, 2.45) is 11.1 Å². The van der Waals surface area contributed by atoms with E-state index in [1.54, 1.807) is 0 Å². The lowest BCUT2D eigenvalue weighted by Gasteiger charge is -2.37. The number of thiazole rings is 1. The number of carbonyl (C=O) groups excluding carboxylic acids is 1. The van der Waals surface area contributed by atoms with E-state index in [4.69, 9.17) is 5.73 Å². The van der Waals surface area contributed by atoms with Crippen molar-refractivity contribution in [3.8, 4) is 0 Å². The zero-order chi connectivity index (χ0) is 12.5. The Morgan fingerprint density at radius 2 is 2.41 bits per heavy atom. The van der Waals surface area contributed by atoms with E-state index in [2.05, 4.69) is 18.8 Å². The normalized spacial score (nSPS) is 19.4. The Labute approximate surface area is 106 Å². The van der Waals surface area contributed by atoms with Crippen molar-refractivity contribution in [2.75, 3.05) is 13.1 Å². The number of likely N-dealkylation sites (tertiary alicyclic amines) is 1. The van der Waals surface area contributed by atoms with Gasteiger partial charge in [-0.1, -0.05) is 13.8 Å². The fourth-order valence-corrected chi connectivity index (χ4v) is 2.91. The lowest BCUT2D eigenvalue weighted by Crippen LogP contribution is -2.43. The molecular weight excluding hydrogens is 234 g/mol. The molecule has 0 radical (unpaired) electrons. The van der Waals surface area contributed by atoms with Crippen LogP contribution >= 0.6 is 11.3 Å². The molecule has 1 aliphatic rings. The predicted molar refractivity (Wildman–Crippen MR) is 68.9 cm³/mol. The summed E-state index contributed by atoms with van der Waals surface area (Å²) < 4.78 is 0. The van der Waals surface area contributed by atoms with Crippen LogP contribution in [0.25, 0.3) is 0 Å². The van der Waals surface area contributed by atoms with Crippen molar-refractivity contribution in [1.82, 2.24) is 9.88 Å². The van der Waals surface area contributed by atoms with Gasteiger partial charge in [-0.3, -0.25) is 4.79 Å². The van der Waals surface area contributed by atoms with E-state index in [0.717, 1.165) is 24.5 Å². The maximum atomic E-state index is 12.2. The number of carbonyl (C=O) groups is 1. The highest BCUT2D eigenvalue weighted by molar-refractivity contribution is 7.09. The topological polar surface area (TPSA) is 59.2 Å². The average molecular weight is 253 g/mol. The number of hydrogen-bond acceptors (Lipinski definition) is 4. The third-order valence-electron chi connectivity index (χ3n) is 3.13. The summed E-state index contributed by atoms with van der Waals surface area (Å²) in [4.78, 5) is 18.4. The van der Waals surface area contributed by atoms with E-state index in [0.29, 0.717) is 12.2 Å². The fourth-order valence-electron chi connectivity index (χ4n) is 2.26. The molecule has 2 heterocycles. The zero-order valence-electron chi connectivity index (χ0n) is 10.4. The van der Waals surface area contributed by atoms with Crippen LogP contribution in [0.4, 0.5) is 0 Å². The first kappa shape index (κ1) is 12.5. The molecule has 0 aromatic carbocycles. The van der Waals surface area contributed by atoms with Crippen LogP contribution in [0, 0.1) is 5.41 Å². The molecule has 1 fully saturated rings. The van der Waals surface area contributed by atoms with Gasteiger partial charge < -0.3 is 10.6 Å². The quantitative estimate of drug-likeness (QED) is 0.875. The van der Waals surface area contributed by atoms with Crippen molar-refractivity contribution >= 4 is 17.2 Å². The van der Waals surface area contributed by atoms with Crippen LogP contribution in [0.5, 0.6) is 0 Å². The minimum Gasteiger partial charge on any atom is -0.337 e. The molecule has 1 aliphatic heterocycles. The molecule has 0 unspecified atom stereocenters. The molecule has 0 saturated carbocycles. The highest BCUT2D eigenvalue weighted by atomic mass is 32.1. The van der Waals surface area contributed by atoms with Crippen LogP contribution in [0.3, 0.4) is 0 Å². The highest BCUT2D eigenvalue weighted by Gasteiger charge is 2.30. The minimum absolute atomic E-state index is 0.0497. The summed E-state index contributed by atoms with van der Waals surface area (Å²) in [5.74, 6) is 0.0497. The van der Waals surface area contributed by atoms with E-state index in [-0.39, 0.29) is 11.3 Å². The Morgan fingerprint density at radius 1 is 1.65 bits per heavy atom. The molecule has 4 nitrogen and oxygen atoms in total. The molecule has 2 rings (SSSR count). The number of amides is 1. The lowest BCUT2D eigenvalue weighted by atomic mass is 9.84. The number of rotatable bonds is 2. The first-order valence-corrected chi connectivity index (χ1v) is 6.83. The minimum atomic E-state index is 0.0497. The Morgan fingerprint density at radius 3 is 3.00 bits per heavy atom. The molecule has 94 valence electrons. The summed E-state index contributed by atoms with van der Waals surface area (Å²) in [6.45, 7) is 6.49. The van der Waals surface area contributed by atoms with Gasteiger partial charge in [0.2, 0.25) is 0 Å². The van der Waals surface area contributed by atoms with E-state index in [1.165, 1.54) is 17.8 Å². The van der Waals surface area contributed by atoms with Crippen molar-refractivity contribution in [2.45, 2.75) is 33.2 Å². The highest BCUT2D eigenvalue weighted by Crippen LogP contribution is 2.29. The molecule has 1 amide bonds. The van der Waals surface area contributed by atoms with Crippen LogP contribution in [0.15, 0.2) is 5.38 Å². The van der Waals surface area contributed by atoms with Crippen molar-refractivity contribution < 1.29 is 4.79 Å². The maximum Gasteiger partial charge on any atom is 0.273 e. The zero-order valence-corrected chi connectivity index (χ0v) is 11.2. The molecule has 0 spiro atoms. The van der Waals surface area contributed by atoms with Crippen LogP contribution in [-0.4, -0.2) is 28.9 Å². The summed E-state index contributed by atoms with van der Waals surface area (Å²) >= 11 is 1.46. The van der Waals surface area contributed by atoms with Gasteiger partial charge in [0.15, 0.2) is 0 Å². The fraction of sp³-hybridized carbons (Fsp3) is 0.667. The van der Waals surface area contributed by atoms with Gasteiger partial charge in [-0.05, 0) is 18.3 Å². The van der Waals surface area contributed by atoms with Crippen LogP contribution in [0.1, 0.15) is 42.2 Å². The van der Waals surface area contributed by atoms with Crippen LogP contribution in [-0.2, 0) is 6.54 Å². The molecule has 17 heavy (non-hydrogen) atoms. The second-order valence-electron chi connectivity index (χ2n) is 5.33. The predicted octanol–water partition coefficient (Wildman–Crippen LogP) is 1.86. The number of nitrogens with zero attached hydrogens (tertiary/aromatic N) is 2. The van der Waals surface area contributed by atoms with E-state index in [9.17, 15) is 4.79 Å². The van der Waals surface area contributed by atoms with E-state index >= 15 is 0 Å². The number of hydrogen-bond donors (Lipinski definition) is 1. The summed E-state index contributed by atoms with van der Waals surface area (Å²) in [5.41, 5.74) is 6.28. The molecule has 2 N–H and O–H groups in total. The summed E-state index contributed by atoms with van der Waals surface area (Å²) in [7, 11) is 0. The second-order valence-corrected chi connectivity index (χ2v) is 6.27. The van der Waals surface area contributed by atoms with Crippen molar-refractivity contribution in [1.29, 1.82) is 0 Å². The van der Waals surface area contributed by atoms with Crippen LogP contribution in [0.2, 0.25) is 0 Å². The molecule has 1 saturated heterocycles. The largest absolute Gasteiger partial charge is 0.337 e. The van der Waals surface area contributed by atoms with Gasteiger partial charge in [-0.15, -0.1) is 11.3 Å². The molecule has 1 aromatic heterocycles. The van der Waals surface area contributed by atoms with Crippen LogP contribution < -0.4 is 5.73 Å². The van der Waals surface area contributed by atoms with Gasteiger partial charge in [0, 0.05) is 25.0 Å². The monoisotopic (exact) mass is 253 g/mol. The number of nitrogens with two attached hydrogens (primary N) is 1.